The van der Waals surface area contributed by atoms with E-state index in [1.807, 2.05) is 0 Å². The molecule has 0 heterocycles. The summed E-state index contributed by atoms with van der Waals surface area (Å²) in [6.07, 6.45) is -4.53. The van der Waals surface area contributed by atoms with E-state index in [4.69, 9.17) is 0 Å². The number of sulfone groups is 1. The Morgan fingerprint density at radius 1 is 1.21 bits per heavy atom. The molecule has 0 spiro atoms. The van der Waals surface area contributed by atoms with E-state index in [0.717, 1.165) is 18.2 Å². The molecule has 0 saturated heterocycles. The summed E-state index contributed by atoms with van der Waals surface area (Å²) in [6.45, 7) is 2.60. The van der Waals surface area contributed by atoms with Gasteiger partial charge in [-0.05, 0) is 24.6 Å². The van der Waals surface area contributed by atoms with Crippen LogP contribution in [0.15, 0.2) is 24.3 Å². The predicted octanol–water partition coefficient (Wildman–Crippen LogP) is 2.35. The van der Waals surface area contributed by atoms with Gasteiger partial charge in [0.2, 0.25) is 0 Å². The van der Waals surface area contributed by atoms with Crippen molar-refractivity contribution in [3.05, 3.63) is 35.4 Å². The summed E-state index contributed by atoms with van der Waals surface area (Å²) in [4.78, 5) is 0. The van der Waals surface area contributed by atoms with Crippen LogP contribution in [0.3, 0.4) is 0 Å². The smallest absolute Gasteiger partial charge is 0.384 e. The highest BCUT2D eigenvalue weighted by Crippen LogP contribution is 2.32. The molecule has 0 amide bonds. The molecule has 0 radical (unpaired) electrons. The summed E-state index contributed by atoms with van der Waals surface area (Å²) in [5.74, 6) is -0.792. The summed E-state index contributed by atoms with van der Waals surface area (Å²) < 4.78 is 60.7. The Kier molecular flexibility index (Phi) is 4.31. The van der Waals surface area contributed by atoms with E-state index >= 15 is 0 Å². The highest BCUT2D eigenvalue weighted by Gasteiger charge is 2.34. The second-order valence-electron chi connectivity index (χ2n) is 4.53. The van der Waals surface area contributed by atoms with Crippen molar-refractivity contribution in [2.24, 2.45) is 0 Å². The Morgan fingerprint density at radius 3 is 2.21 bits per heavy atom. The predicted molar refractivity (Wildman–Crippen MR) is 65.3 cm³/mol. The van der Waals surface area contributed by atoms with Gasteiger partial charge in [-0.15, -0.1) is 0 Å². The number of aliphatic hydroxyl groups is 1. The van der Waals surface area contributed by atoms with Crippen molar-refractivity contribution in [2.75, 3.05) is 11.5 Å². The molecule has 108 valence electrons. The third-order valence-corrected chi connectivity index (χ3v) is 4.63. The van der Waals surface area contributed by atoms with Gasteiger partial charge in [0.05, 0.1) is 11.3 Å². The Labute approximate surface area is 110 Å². The topological polar surface area (TPSA) is 54.4 Å². The third-order valence-electron chi connectivity index (χ3n) is 2.75. The lowest BCUT2D eigenvalue weighted by molar-refractivity contribution is -0.137. The first kappa shape index (κ1) is 16.0. The van der Waals surface area contributed by atoms with Gasteiger partial charge in [-0.1, -0.05) is 19.1 Å². The van der Waals surface area contributed by atoms with Crippen LogP contribution in [0.5, 0.6) is 0 Å². The van der Waals surface area contributed by atoms with E-state index < -0.39 is 32.9 Å². The van der Waals surface area contributed by atoms with Crippen molar-refractivity contribution < 1.29 is 26.7 Å². The van der Waals surface area contributed by atoms with Crippen molar-refractivity contribution in [3.8, 4) is 0 Å². The lowest BCUT2D eigenvalue weighted by Gasteiger charge is -2.24. The molecule has 0 aromatic heterocycles. The van der Waals surface area contributed by atoms with E-state index in [1.165, 1.54) is 19.9 Å². The first-order valence-electron chi connectivity index (χ1n) is 5.58. The Bertz CT molecular complexity index is 548. The van der Waals surface area contributed by atoms with Gasteiger partial charge in [0.15, 0.2) is 9.84 Å². The average Bonchev–Trinajstić information content (AvgIpc) is 2.27. The number of benzene rings is 1. The summed E-state index contributed by atoms with van der Waals surface area (Å²) in [7, 11) is -3.50. The van der Waals surface area contributed by atoms with Gasteiger partial charge >= 0.3 is 6.18 Å². The van der Waals surface area contributed by atoms with Crippen LogP contribution in [0.2, 0.25) is 0 Å². The highest BCUT2D eigenvalue weighted by molar-refractivity contribution is 7.91. The minimum Gasteiger partial charge on any atom is -0.384 e. The second kappa shape index (κ2) is 5.13. The van der Waals surface area contributed by atoms with Gasteiger partial charge in [0.25, 0.3) is 0 Å². The van der Waals surface area contributed by atoms with E-state index in [0.29, 0.717) is 0 Å². The quantitative estimate of drug-likeness (QED) is 0.928. The lowest BCUT2D eigenvalue weighted by Crippen LogP contribution is -2.32. The van der Waals surface area contributed by atoms with Crippen molar-refractivity contribution in [1.82, 2.24) is 0 Å². The molecule has 1 rings (SSSR count). The minimum absolute atomic E-state index is 0.0700. The van der Waals surface area contributed by atoms with Crippen LogP contribution < -0.4 is 0 Å². The fraction of sp³-hybridized carbons (Fsp3) is 0.500. The molecule has 0 bridgehead atoms. The van der Waals surface area contributed by atoms with Gasteiger partial charge in [-0.25, -0.2) is 8.42 Å². The van der Waals surface area contributed by atoms with Crippen LogP contribution in [0, 0.1) is 0 Å². The van der Waals surface area contributed by atoms with Crippen molar-refractivity contribution in [1.29, 1.82) is 0 Å². The number of rotatable bonds is 4. The summed E-state index contributed by atoms with van der Waals surface area (Å²) in [5, 5.41) is 10.1. The Hall–Kier alpha value is -1.08. The molecule has 0 aliphatic carbocycles. The largest absolute Gasteiger partial charge is 0.416 e. The van der Waals surface area contributed by atoms with Gasteiger partial charge < -0.3 is 5.11 Å². The van der Waals surface area contributed by atoms with Crippen LogP contribution in [0.1, 0.15) is 25.0 Å². The third kappa shape index (κ3) is 4.21. The Morgan fingerprint density at radius 2 is 1.74 bits per heavy atom. The van der Waals surface area contributed by atoms with Crippen LogP contribution in [-0.4, -0.2) is 25.0 Å². The van der Waals surface area contributed by atoms with E-state index in [1.54, 1.807) is 0 Å². The minimum atomic E-state index is -4.53. The number of alkyl halides is 3. The van der Waals surface area contributed by atoms with Crippen LogP contribution in [0.25, 0.3) is 0 Å². The second-order valence-corrected chi connectivity index (χ2v) is 6.88. The zero-order valence-corrected chi connectivity index (χ0v) is 11.3. The first-order valence-corrected chi connectivity index (χ1v) is 7.40. The van der Waals surface area contributed by atoms with Crippen LogP contribution in [-0.2, 0) is 21.6 Å². The maximum absolute atomic E-state index is 12.6. The van der Waals surface area contributed by atoms with Crippen LogP contribution in [0.4, 0.5) is 13.2 Å². The van der Waals surface area contributed by atoms with E-state index in [9.17, 15) is 26.7 Å². The highest BCUT2D eigenvalue weighted by atomic mass is 32.2. The van der Waals surface area contributed by atoms with E-state index in [2.05, 4.69) is 0 Å². The molecule has 3 nitrogen and oxygen atoms in total. The maximum atomic E-state index is 12.6. The fourth-order valence-electron chi connectivity index (χ4n) is 1.64. The molecule has 1 aromatic carbocycles. The molecule has 7 heteroatoms. The summed E-state index contributed by atoms with van der Waals surface area (Å²) in [5.41, 5.74) is -2.84. The monoisotopic (exact) mass is 296 g/mol. The molecule has 19 heavy (non-hydrogen) atoms. The molecule has 0 aliphatic rings. The molecule has 1 unspecified atom stereocenters. The SMILES string of the molecule is CCS(=O)(=O)CC(C)(O)c1cccc(C(F)(F)F)c1. The summed E-state index contributed by atoms with van der Waals surface area (Å²) >= 11 is 0. The summed E-state index contributed by atoms with van der Waals surface area (Å²) in [6, 6.07) is 4.06. The molecular formula is C12H15F3O3S. The van der Waals surface area contributed by atoms with Crippen molar-refractivity contribution in [2.45, 2.75) is 25.6 Å². The Balaban J connectivity index is 3.16. The molecule has 1 aromatic rings. The van der Waals surface area contributed by atoms with Crippen molar-refractivity contribution >= 4 is 9.84 Å². The molecule has 1 atom stereocenters. The number of hydrogen-bond acceptors (Lipinski definition) is 3. The van der Waals surface area contributed by atoms with Gasteiger partial charge in [-0.2, -0.15) is 13.2 Å². The fourth-order valence-corrected chi connectivity index (χ4v) is 2.87. The zero-order chi connectivity index (χ0) is 14.9. The molecule has 0 fully saturated rings. The normalized spacial score (nSPS) is 16.1. The maximum Gasteiger partial charge on any atom is 0.416 e. The first-order chi connectivity index (χ1) is 8.48. The van der Waals surface area contributed by atoms with E-state index in [-0.39, 0.29) is 11.3 Å². The van der Waals surface area contributed by atoms with Crippen LogP contribution >= 0.6 is 0 Å². The van der Waals surface area contributed by atoms with Gasteiger partial charge in [0.1, 0.15) is 5.60 Å². The number of hydrogen-bond donors (Lipinski definition) is 1. The van der Waals surface area contributed by atoms with Gasteiger partial charge in [-0.3, -0.25) is 0 Å². The molecule has 1 N–H and O–H groups in total. The molecule has 0 saturated carbocycles. The molecular weight excluding hydrogens is 281 g/mol. The number of halogens is 3. The average molecular weight is 296 g/mol. The van der Waals surface area contributed by atoms with Crippen molar-refractivity contribution in [3.63, 3.8) is 0 Å². The standard InChI is InChI=1S/C12H15F3O3S/c1-3-19(17,18)8-11(2,16)9-5-4-6-10(7-9)12(13,14)15/h4-7,16H,3,8H2,1-2H3. The lowest BCUT2D eigenvalue weighted by atomic mass is 9.96. The molecule has 0 aliphatic heterocycles. The zero-order valence-electron chi connectivity index (χ0n) is 10.5. The van der Waals surface area contributed by atoms with Gasteiger partial charge in [0, 0.05) is 5.75 Å².